The molecule has 8 heteroatoms. The fraction of sp³-hybridized carbons (Fsp3) is 0.278. The van der Waals surface area contributed by atoms with Crippen LogP contribution in [0.3, 0.4) is 0 Å². The molecule has 1 unspecified atom stereocenters. The van der Waals surface area contributed by atoms with Gasteiger partial charge in [0.25, 0.3) is 0 Å². The third-order valence-corrected chi connectivity index (χ3v) is 6.48. The minimum atomic E-state index is -4.01. The Kier molecular flexibility index (Phi) is 5.22. The first kappa shape index (κ1) is 18.7. The van der Waals surface area contributed by atoms with Gasteiger partial charge in [-0.2, -0.15) is 4.31 Å². The van der Waals surface area contributed by atoms with Gasteiger partial charge in [0.05, 0.1) is 7.11 Å². The standard InChI is InChI=1S/C18H19ClN2O4S/c1-12-5-3-4-6-14(12)17-18(22)20-9-10-21(17)26(23,24)16-11-13(19)7-8-15(16)25-2/h3-8,11,17H,9-10H2,1-2H3,(H,20,22). The Bertz CT molecular complexity index is 946. The van der Waals surface area contributed by atoms with Crippen molar-refractivity contribution in [1.29, 1.82) is 0 Å². The van der Waals surface area contributed by atoms with Gasteiger partial charge in [0.2, 0.25) is 15.9 Å². The minimum absolute atomic E-state index is 0.0548. The highest BCUT2D eigenvalue weighted by Crippen LogP contribution is 2.35. The average molecular weight is 395 g/mol. The van der Waals surface area contributed by atoms with Gasteiger partial charge in [-0.05, 0) is 36.2 Å². The molecule has 1 amide bonds. The van der Waals surface area contributed by atoms with Gasteiger partial charge >= 0.3 is 0 Å². The Morgan fingerprint density at radius 3 is 2.65 bits per heavy atom. The van der Waals surface area contributed by atoms with Gasteiger partial charge in [-0.1, -0.05) is 35.9 Å². The SMILES string of the molecule is COc1ccc(Cl)cc1S(=O)(=O)N1CCNC(=O)C1c1ccccc1C. The smallest absolute Gasteiger partial charge is 0.247 e. The van der Waals surface area contributed by atoms with Crippen LogP contribution >= 0.6 is 11.6 Å². The summed E-state index contributed by atoms with van der Waals surface area (Å²) in [6, 6.07) is 10.7. The maximum absolute atomic E-state index is 13.4. The van der Waals surface area contributed by atoms with E-state index in [9.17, 15) is 13.2 Å². The normalized spacial score (nSPS) is 18.4. The Morgan fingerprint density at radius 1 is 1.23 bits per heavy atom. The molecular weight excluding hydrogens is 376 g/mol. The number of hydrogen-bond acceptors (Lipinski definition) is 4. The van der Waals surface area contributed by atoms with Crippen molar-refractivity contribution in [1.82, 2.24) is 9.62 Å². The first-order chi connectivity index (χ1) is 12.4. The number of rotatable bonds is 4. The zero-order chi connectivity index (χ0) is 18.9. The Hall–Kier alpha value is -2.09. The molecule has 1 atom stereocenters. The molecule has 0 spiro atoms. The summed E-state index contributed by atoms with van der Waals surface area (Å²) in [6.07, 6.45) is 0. The number of ether oxygens (including phenoxy) is 1. The summed E-state index contributed by atoms with van der Waals surface area (Å²) >= 11 is 6.01. The van der Waals surface area contributed by atoms with Crippen LogP contribution in [0.15, 0.2) is 47.4 Å². The summed E-state index contributed by atoms with van der Waals surface area (Å²) in [5.74, 6) is -0.168. The van der Waals surface area contributed by atoms with Crippen LogP contribution < -0.4 is 10.1 Å². The van der Waals surface area contributed by atoms with Gasteiger partial charge in [0.15, 0.2) is 0 Å². The fourth-order valence-electron chi connectivity index (χ4n) is 3.07. The highest BCUT2D eigenvalue weighted by atomic mass is 35.5. The molecule has 1 heterocycles. The third-order valence-electron chi connectivity index (χ3n) is 4.36. The number of nitrogens with one attached hydrogen (secondary N) is 1. The molecule has 6 nitrogen and oxygen atoms in total. The van der Waals surface area contributed by atoms with Crippen LogP contribution in [0.5, 0.6) is 5.75 Å². The predicted molar refractivity (Wildman–Crippen MR) is 98.8 cm³/mol. The second-order valence-corrected chi connectivity index (χ2v) is 8.26. The zero-order valence-corrected chi connectivity index (χ0v) is 16.0. The Morgan fingerprint density at radius 2 is 1.96 bits per heavy atom. The number of carbonyl (C=O) groups is 1. The number of carbonyl (C=O) groups excluding carboxylic acids is 1. The monoisotopic (exact) mass is 394 g/mol. The molecule has 1 fully saturated rings. The first-order valence-corrected chi connectivity index (χ1v) is 9.86. The van der Waals surface area contributed by atoms with Gasteiger partial charge < -0.3 is 10.1 Å². The van der Waals surface area contributed by atoms with Crippen LogP contribution in [0.2, 0.25) is 5.02 Å². The number of aryl methyl sites for hydroxylation is 1. The molecule has 138 valence electrons. The minimum Gasteiger partial charge on any atom is -0.495 e. The molecule has 1 aliphatic heterocycles. The van der Waals surface area contributed by atoms with Crippen molar-refractivity contribution in [3.05, 3.63) is 58.6 Å². The van der Waals surface area contributed by atoms with Gasteiger partial charge in [0, 0.05) is 18.1 Å². The molecule has 0 aromatic heterocycles. The maximum atomic E-state index is 13.4. The largest absolute Gasteiger partial charge is 0.495 e. The molecule has 2 aromatic rings. The molecule has 0 bridgehead atoms. The number of benzene rings is 2. The van der Waals surface area contributed by atoms with Crippen LogP contribution in [0, 0.1) is 6.92 Å². The topological polar surface area (TPSA) is 75.7 Å². The second-order valence-electron chi connectivity index (χ2n) is 5.96. The molecule has 26 heavy (non-hydrogen) atoms. The Balaban J connectivity index is 2.15. The number of methoxy groups -OCH3 is 1. The number of halogens is 1. The third kappa shape index (κ3) is 3.30. The molecule has 1 N–H and O–H groups in total. The van der Waals surface area contributed by atoms with Crippen molar-refractivity contribution in [2.75, 3.05) is 20.2 Å². The lowest BCUT2D eigenvalue weighted by Crippen LogP contribution is -2.52. The van der Waals surface area contributed by atoms with Crippen molar-refractivity contribution >= 4 is 27.5 Å². The summed E-state index contributed by atoms with van der Waals surface area (Å²) in [5, 5.41) is 3.03. The second kappa shape index (κ2) is 7.26. The maximum Gasteiger partial charge on any atom is 0.247 e. The number of amides is 1. The van der Waals surface area contributed by atoms with Crippen LogP contribution in [0.25, 0.3) is 0 Å². The summed E-state index contributed by atoms with van der Waals surface area (Å²) < 4.78 is 33.1. The van der Waals surface area contributed by atoms with Crippen LogP contribution in [0.4, 0.5) is 0 Å². The van der Waals surface area contributed by atoms with E-state index in [4.69, 9.17) is 16.3 Å². The van der Waals surface area contributed by atoms with E-state index in [0.717, 1.165) is 5.56 Å². The van der Waals surface area contributed by atoms with E-state index in [1.54, 1.807) is 18.2 Å². The van der Waals surface area contributed by atoms with E-state index < -0.39 is 16.1 Å². The highest BCUT2D eigenvalue weighted by Gasteiger charge is 2.41. The molecule has 0 aliphatic carbocycles. The number of nitrogens with zero attached hydrogens (tertiary/aromatic N) is 1. The molecule has 3 rings (SSSR count). The van der Waals surface area contributed by atoms with Gasteiger partial charge in [-0.25, -0.2) is 8.42 Å². The van der Waals surface area contributed by atoms with E-state index >= 15 is 0 Å². The lowest BCUT2D eigenvalue weighted by atomic mass is 9.99. The Labute approximate surface area is 157 Å². The van der Waals surface area contributed by atoms with Crippen LogP contribution in [-0.4, -0.2) is 38.8 Å². The van der Waals surface area contributed by atoms with Gasteiger partial charge in [-0.15, -0.1) is 0 Å². The zero-order valence-electron chi connectivity index (χ0n) is 14.4. The first-order valence-electron chi connectivity index (χ1n) is 8.05. The summed E-state index contributed by atoms with van der Waals surface area (Å²) in [6.45, 7) is 2.24. The lowest BCUT2D eigenvalue weighted by molar-refractivity contribution is -0.126. The number of sulfonamides is 1. The average Bonchev–Trinajstić information content (AvgIpc) is 2.62. The van der Waals surface area contributed by atoms with E-state index in [1.807, 2.05) is 19.1 Å². The lowest BCUT2D eigenvalue weighted by Gasteiger charge is -2.35. The molecule has 0 radical (unpaired) electrons. The number of piperazine rings is 1. The van der Waals surface area contributed by atoms with Crippen LogP contribution in [-0.2, 0) is 14.8 Å². The van der Waals surface area contributed by atoms with Crippen molar-refractivity contribution in [2.24, 2.45) is 0 Å². The highest BCUT2D eigenvalue weighted by molar-refractivity contribution is 7.89. The summed E-state index contributed by atoms with van der Waals surface area (Å²) in [4.78, 5) is 12.5. The van der Waals surface area contributed by atoms with E-state index in [-0.39, 0.29) is 34.7 Å². The van der Waals surface area contributed by atoms with Crippen LogP contribution in [0.1, 0.15) is 17.2 Å². The van der Waals surface area contributed by atoms with E-state index in [2.05, 4.69) is 5.32 Å². The van der Waals surface area contributed by atoms with Crippen molar-refractivity contribution < 1.29 is 17.9 Å². The molecule has 1 aliphatic rings. The summed E-state index contributed by atoms with van der Waals surface area (Å²) in [5.41, 5.74) is 1.49. The van der Waals surface area contributed by atoms with Crippen molar-refractivity contribution in [3.63, 3.8) is 0 Å². The predicted octanol–water partition coefficient (Wildman–Crippen LogP) is 2.52. The molecular formula is C18H19ClN2O4S. The van der Waals surface area contributed by atoms with Crippen molar-refractivity contribution in [3.8, 4) is 5.75 Å². The molecule has 1 saturated heterocycles. The summed E-state index contributed by atoms with van der Waals surface area (Å²) in [7, 11) is -2.62. The number of hydrogen-bond donors (Lipinski definition) is 1. The van der Waals surface area contributed by atoms with Crippen molar-refractivity contribution in [2.45, 2.75) is 17.9 Å². The van der Waals surface area contributed by atoms with E-state index in [0.29, 0.717) is 5.56 Å². The van der Waals surface area contributed by atoms with E-state index in [1.165, 1.54) is 23.5 Å². The molecule has 2 aromatic carbocycles. The quantitative estimate of drug-likeness (QED) is 0.864. The van der Waals surface area contributed by atoms with Gasteiger partial charge in [-0.3, -0.25) is 4.79 Å². The van der Waals surface area contributed by atoms with Gasteiger partial charge in [0.1, 0.15) is 16.7 Å². The fourth-order valence-corrected chi connectivity index (χ4v) is 5.06. The molecule has 0 saturated carbocycles.